The standard InChI is InChI=1S/C21H23ClN2O3/c1-3-4-12-27-16-10-8-15(9-11-16)13-24-20-17(6-5-7-18(20)22)19(21(24)26)23-14(2)25/h5-11,19H,3-4,12-13H2,1-2H3,(H,23,25)/t19-/m0/s1. The van der Waals surface area contributed by atoms with Crippen molar-refractivity contribution < 1.29 is 14.3 Å². The average molecular weight is 387 g/mol. The molecule has 2 amide bonds. The minimum atomic E-state index is -0.701. The van der Waals surface area contributed by atoms with Crippen LogP contribution in [0.4, 0.5) is 5.69 Å². The summed E-state index contributed by atoms with van der Waals surface area (Å²) in [7, 11) is 0. The van der Waals surface area contributed by atoms with Gasteiger partial charge in [0.25, 0.3) is 5.91 Å². The second-order valence-corrected chi connectivity index (χ2v) is 6.99. The van der Waals surface area contributed by atoms with Crippen LogP contribution in [-0.2, 0) is 16.1 Å². The molecule has 1 heterocycles. The molecule has 142 valence electrons. The lowest BCUT2D eigenvalue weighted by atomic mass is 10.1. The van der Waals surface area contributed by atoms with Gasteiger partial charge in [-0.1, -0.05) is 49.2 Å². The summed E-state index contributed by atoms with van der Waals surface area (Å²) in [4.78, 5) is 26.1. The Morgan fingerprint density at radius 2 is 1.96 bits per heavy atom. The number of carbonyl (C=O) groups excluding carboxylic acids is 2. The summed E-state index contributed by atoms with van der Waals surface area (Å²) in [6, 6.07) is 12.4. The fourth-order valence-electron chi connectivity index (χ4n) is 3.16. The Balaban J connectivity index is 1.80. The van der Waals surface area contributed by atoms with Gasteiger partial charge in [-0.3, -0.25) is 9.59 Å². The molecular weight excluding hydrogens is 364 g/mol. The maximum absolute atomic E-state index is 12.9. The predicted octanol–water partition coefficient (Wildman–Crippen LogP) is 4.24. The normalized spacial score (nSPS) is 15.6. The topological polar surface area (TPSA) is 58.6 Å². The van der Waals surface area contributed by atoms with Crippen LogP contribution in [0.2, 0.25) is 5.02 Å². The zero-order valence-corrected chi connectivity index (χ0v) is 16.3. The van der Waals surface area contributed by atoms with Crippen molar-refractivity contribution in [3.8, 4) is 5.75 Å². The Labute approximate surface area is 164 Å². The Kier molecular flexibility index (Phi) is 6.01. The van der Waals surface area contributed by atoms with Crippen molar-refractivity contribution in [2.75, 3.05) is 11.5 Å². The fourth-order valence-corrected chi connectivity index (χ4v) is 3.44. The largest absolute Gasteiger partial charge is 0.494 e. The van der Waals surface area contributed by atoms with Gasteiger partial charge >= 0.3 is 0 Å². The van der Waals surface area contributed by atoms with Gasteiger partial charge < -0.3 is 15.0 Å². The quantitative estimate of drug-likeness (QED) is 0.724. The van der Waals surface area contributed by atoms with Gasteiger partial charge in [0, 0.05) is 12.5 Å². The zero-order valence-electron chi connectivity index (χ0n) is 15.5. The molecule has 1 aliphatic heterocycles. The van der Waals surface area contributed by atoms with Crippen LogP contribution in [-0.4, -0.2) is 18.4 Å². The van der Waals surface area contributed by atoms with Gasteiger partial charge in [0.15, 0.2) is 0 Å². The smallest absolute Gasteiger partial charge is 0.254 e. The van der Waals surface area contributed by atoms with Gasteiger partial charge in [0.05, 0.1) is 23.9 Å². The van der Waals surface area contributed by atoms with E-state index < -0.39 is 6.04 Å². The molecule has 0 unspecified atom stereocenters. The van der Waals surface area contributed by atoms with E-state index >= 15 is 0 Å². The summed E-state index contributed by atoms with van der Waals surface area (Å²) in [6.07, 6.45) is 2.11. The molecule has 0 spiro atoms. The van der Waals surface area contributed by atoms with Crippen LogP contribution in [0.15, 0.2) is 42.5 Å². The Morgan fingerprint density at radius 3 is 2.63 bits per heavy atom. The van der Waals surface area contributed by atoms with Gasteiger partial charge in [-0.25, -0.2) is 0 Å². The number of amides is 2. The molecule has 0 radical (unpaired) electrons. The number of benzene rings is 2. The number of halogens is 1. The molecule has 0 aromatic heterocycles. The third-order valence-electron chi connectivity index (χ3n) is 4.49. The van der Waals surface area contributed by atoms with Gasteiger partial charge in [0.2, 0.25) is 5.91 Å². The molecular formula is C21H23ClN2O3. The number of nitrogens with zero attached hydrogens (tertiary/aromatic N) is 1. The van der Waals surface area contributed by atoms with E-state index in [1.165, 1.54) is 6.92 Å². The summed E-state index contributed by atoms with van der Waals surface area (Å²) < 4.78 is 5.68. The molecule has 27 heavy (non-hydrogen) atoms. The maximum Gasteiger partial charge on any atom is 0.254 e. The van der Waals surface area contributed by atoms with Gasteiger partial charge in [-0.2, -0.15) is 0 Å². The molecule has 0 fully saturated rings. The summed E-state index contributed by atoms with van der Waals surface area (Å²) in [5.74, 6) is 0.376. The van der Waals surface area contributed by atoms with E-state index in [4.69, 9.17) is 16.3 Å². The number of unbranched alkanes of at least 4 members (excludes halogenated alkanes) is 1. The molecule has 0 saturated heterocycles. The van der Waals surface area contributed by atoms with Crippen molar-refractivity contribution in [1.29, 1.82) is 0 Å². The molecule has 1 N–H and O–H groups in total. The third-order valence-corrected chi connectivity index (χ3v) is 4.80. The Morgan fingerprint density at radius 1 is 1.22 bits per heavy atom. The highest BCUT2D eigenvalue weighted by atomic mass is 35.5. The van der Waals surface area contributed by atoms with E-state index in [9.17, 15) is 9.59 Å². The Bertz CT molecular complexity index is 836. The molecule has 2 aromatic carbocycles. The van der Waals surface area contributed by atoms with Crippen LogP contribution < -0.4 is 15.0 Å². The van der Waals surface area contributed by atoms with Crippen LogP contribution in [0, 0.1) is 0 Å². The van der Waals surface area contributed by atoms with Gasteiger partial charge in [-0.15, -0.1) is 0 Å². The van der Waals surface area contributed by atoms with Crippen molar-refractivity contribution in [1.82, 2.24) is 5.32 Å². The lowest BCUT2D eigenvalue weighted by Gasteiger charge is -2.19. The molecule has 6 heteroatoms. The first kappa shape index (κ1) is 19.2. The maximum atomic E-state index is 12.9. The number of rotatable bonds is 7. The second kappa shape index (κ2) is 8.44. The van der Waals surface area contributed by atoms with Crippen molar-refractivity contribution in [2.24, 2.45) is 0 Å². The van der Waals surface area contributed by atoms with Crippen LogP contribution in [0.25, 0.3) is 0 Å². The van der Waals surface area contributed by atoms with Crippen LogP contribution in [0.3, 0.4) is 0 Å². The van der Waals surface area contributed by atoms with Crippen molar-refractivity contribution >= 4 is 29.1 Å². The van der Waals surface area contributed by atoms with Crippen molar-refractivity contribution in [3.05, 3.63) is 58.6 Å². The number of nitrogens with one attached hydrogen (secondary N) is 1. The molecule has 0 aliphatic carbocycles. The van der Waals surface area contributed by atoms with Crippen molar-refractivity contribution in [3.63, 3.8) is 0 Å². The van der Waals surface area contributed by atoms with E-state index in [-0.39, 0.29) is 11.8 Å². The lowest BCUT2D eigenvalue weighted by molar-refractivity contribution is -0.126. The minimum Gasteiger partial charge on any atom is -0.494 e. The highest BCUT2D eigenvalue weighted by Crippen LogP contribution is 2.41. The first-order valence-electron chi connectivity index (χ1n) is 9.10. The number of hydrogen-bond acceptors (Lipinski definition) is 3. The molecule has 0 saturated carbocycles. The van der Waals surface area contributed by atoms with Gasteiger partial charge in [-0.05, 0) is 30.2 Å². The lowest BCUT2D eigenvalue weighted by Crippen LogP contribution is -2.36. The monoisotopic (exact) mass is 386 g/mol. The molecule has 1 atom stereocenters. The van der Waals surface area contributed by atoms with E-state index in [0.717, 1.165) is 29.7 Å². The molecule has 0 bridgehead atoms. The van der Waals surface area contributed by atoms with E-state index in [0.29, 0.717) is 23.9 Å². The van der Waals surface area contributed by atoms with E-state index in [1.807, 2.05) is 30.3 Å². The summed E-state index contributed by atoms with van der Waals surface area (Å²) in [5, 5.41) is 3.21. The number of ether oxygens (including phenoxy) is 1. The number of para-hydroxylation sites is 1. The minimum absolute atomic E-state index is 0.184. The predicted molar refractivity (Wildman–Crippen MR) is 106 cm³/mol. The summed E-state index contributed by atoms with van der Waals surface area (Å²) >= 11 is 6.37. The second-order valence-electron chi connectivity index (χ2n) is 6.58. The van der Waals surface area contributed by atoms with Crippen LogP contribution in [0.1, 0.15) is 43.9 Å². The first-order valence-corrected chi connectivity index (χ1v) is 9.47. The highest BCUT2D eigenvalue weighted by Gasteiger charge is 2.39. The Hall–Kier alpha value is -2.53. The van der Waals surface area contributed by atoms with Crippen LogP contribution in [0.5, 0.6) is 5.75 Å². The van der Waals surface area contributed by atoms with Crippen molar-refractivity contribution in [2.45, 2.75) is 39.3 Å². The SMILES string of the molecule is CCCCOc1ccc(CN2C(=O)[C@@H](NC(C)=O)c3cccc(Cl)c32)cc1. The van der Waals surface area contributed by atoms with Gasteiger partial charge in [0.1, 0.15) is 11.8 Å². The molecule has 2 aromatic rings. The summed E-state index contributed by atoms with van der Waals surface area (Å²) in [5.41, 5.74) is 2.34. The number of hydrogen-bond donors (Lipinski definition) is 1. The number of fused-ring (bicyclic) bond motifs is 1. The molecule has 5 nitrogen and oxygen atoms in total. The highest BCUT2D eigenvalue weighted by molar-refractivity contribution is 6.34. The first-order chi connectivity index (χ1) is 13.0. The summed E-state index contributed by atoms with van der Waals surface area (Å²) in [6.45, 7) is 4.59. The average Bonchev–Trinajstić information content (AvgIpc) is 2.90. The number of carbonyl (C=O) groups is 2. The van der Waals surface area contributed by atoms with E-state index in [1.54, 1.807) is 17.0 Å². The molecule has 3 rings (SSSR count). The zero-order chi connectivity index (χ0) is 19.4. The van der Waals surface area contributed by atoms with E-state index in [2.05, 4.69) is 12.2 Å². The number of anilines is 1. The molecule has 1 aliphatic rings. The third kappa shape index (κ3) is 4.25. The van der Waals surface area contributed by atoms with Crippen LogP contribution >= 0.6 is 11.6 Å². The fraction of sp³-hybridized carbons (Fsp3) is 0.333.